The van der Waals surface area contributed by atoms with Crippen LogP contribution < -0.4 is 0 Å². The lowest BCUT2D eigenvalue weighted by Crippen LogP contribution is -1.95. The molecule has 0 saturated heterocycles. The van der Waals surface area contributed by atoms with Crippen LogP contribution in [-0.4, -0.2) is 10.9 Å². The predicted octanol–water partition coefficient (Wildman–Crippen LogP) is 4.29. The van der Waals surface area contributed by atoms with Crippen molar-refractivity contribution in [2.75, 3.05) is 0 Å². The molecule has 3 nitrogen and oxygen atoms in total. The van der Waals surface area contributed by atoms with Gasteiger partial charge in [0.2, 0.25) is 0 Å². The van der Waals surface area contributed by atoms with Crippen LogP contribution in [0.25, 0.3) is 22.3 Å². The zero-order valence-electron chi connectivity index (χ0n) is 11.0. The maximum absolute atomic E-state index is 14.1. The first-order chi connectivity index (χ1) is 9.99. The Morgan fingerprint density at radius 3 is 2.38 bits per heavy atom. The van der Waals surface area contributed by atoms with E-state index in [2.05, 4.69) is 0 Å². The Kier molecular flexibility index (Phi) is 2.97. The van der Waals surface area contributed by atoms with E-state index in [1.54, 1.807) is 0 Å². The molecule has 0 radical (unpaired) electrons. The van der Waals surface area contributed by atoms with E-state index in [1.807, 2.05) is 0 Å². The molecule has 0 bridgehead atoms. The summed E-state index contributed by atoms with van der Waals surface area (Å²) >= 11 is 0. The molecule has 0 amide bonds. The number of fused-ring (bicyclic) bond motifs is 1. The molecule has 1 aromatic heterocycles. The molecule has 0 unspecified atom stereocenters. The third-order valence-corrected chi connectivity index (χ3v) is 3.23. The first-order valence-electron chi connectivity index (χ1n) is 6.20. The summed E-state index contributed by atoms with van der Waals surface area (Å²) in [6, 6.07) is 7.86. The summed E-state index contributed by atoms with van der Waals surface area (Å²) in [6.45, 7) is 1.28. The third-order valence-electron chi connectivity index (χ3n) is 3.23. The van der Waals surface area contributed by atoms with Crippen LogP contribution >= 0.6 is 0 Å². The number of rotatable bonds is 2. The second-order valence-corrected chi connectivity index (χ2v) is 4.64. The fourth-order valence-electron chi connectivity index (χ4n) is 2.28. The number of aromatic hydroxyl groups is 1. The minimum atomic E-state index is -0.908. The summed E-state index contributed by atoms with van der Waals surface area (Å²) in [5.74, 6) is -2.14. The number of carbonyl (C=O) groups excluding carboxylic acids is 1. The summed E-state index contributed by atoms with van der Waals surface area (Å²) in [4.78, 5) is 11.9. The molecule has 0 aliphatic heterocycles. The van der Waals surface area contributed by atoms with Crippen LogP contribution in [0.4, 0.5) is 8.78 Å². The molecule has 1 heterocycles. The number of benzene rings is 2. The minimum Gasteiger partial charge on any atom is -0.505 e. The van der Waals surface area contributed by atoms with Crippen molar-refractivity contribution in [1.82, 2.24) is 0 Å². The molecule has 0 saturated carbocycles. The van der Waals surface area contributed by atoms with Gasteiger partial charge in [-0.05, 0) is 43.3 Å². The number of phenols is 1. The number of hydrogen-bond donors (Lipinski definition) is 1. The van der Waals surface area contributed by atoms with E-state index < -0.39 is 23.2 Å². The largest absolute Gasteiger partial charge is 0.505 e. The van der Waals surface area contributed by atoms with Crippen LogP contribution in [0.1, 0.15) is 17.3 Å². The van der Waals surface area contributed by atoms with Gasteiger partial charge < -0.3 is 9.52 Å². The summed E-state index contributed by atoms with van der Waals surface area (Å²) in [6.07, 6.45) is 0. The fraction of sp³-hybridized carbons (Fsp3) is 0.0625. The molecular weight excluding hydrogens is 278 g/mol. The molecule has 0 spiro atoms. The molecule has 3 aromatic rings. The Morgan fingerprint density at radius 2 is 1.76 bits per heavy atom. The molecule has 0 aliphatic carbocycles. The highest BCUT2D eigenvalue weighted by Gasteiger charge is 2.23. The monoisotopic (exact) mass is 288 g/mol. The average molecular weight is 288 g/mol. The summed E-state index contributed by atoms with van der Waals surface area (Å²) < 4.78 is 32.6. The SMILES string of the molecule is CC(=O)c1c(-c2ccc(F)cc2)oc2ccc(O)c(F)c12. The van der Waals surface area contributed by atoms with Gasteiger partial charge in [0, 0.05) is 5.56 Å². The zero-order valence-corrected chi connectivity index (χ0v) is 11.0. The molecule has 0 atom stereocenters. The van der Waals surface area contributed by atoms with Crippen molar-refractivity contribution in [3.05, 3.63) is 53.6 Å². The number of carbonyl (C=O) groups is 1. The molecule has 1 N–H and O–H groups in total. The van der Waals surface area contributed by atoms with Gasteiger partial charge in [-0.1, -0.05) is 0 Å². The Labute approximate surface area is 118 Å². The highest BCUT2D eigenvalue weighted by molar-refractivity contribution is 6.11. The Bertz CT molecular complexity index is 848. The van der Waals surface area contributed by atoms with Gasteiger partial charge in [-0.3, -0.25) is 4.79 Å². The molecule has 106 valence electrons. The number of phenolic OH excluding ortho intramolecular Hbond substituents is 1. The quantitative estimate of drug-likeness (QED) is 0.716. The van der Waals surface area contributed by atoms with Crippen molar-refractivity contribution < 1.29 is 23.1 Å². The van der Waals surface area contributed by atoms with Crippen LogP contribution in [0.3, 0.4) is 0 Å². The molecule has 0 aliphatic rings. The first kappa shape index (κ1) is 13.3. The second-order valence-electron chi connectivity index (χ2n) is 4.64. The van der Waals surface area contributed by atoms with Crippen molar-refractivity contribution >= 4 is 16.8 Å². The Balaban J connectivity index is 2.38. The number of Topliss-reactive ketones (excluding diaryl/α,β-unsaturated/α-hetero) is 1. The van der Waals surface area contributed by atoms with Gasteiger partial charge >= 0.3 is 0 Å². The third kappa shape index (κ3) is 2.07. The van der Waals surface area contributed by atoms with Crippen molar-refractivity contribution in [3.8, 4) is 17.1 Å². The first-order valence-corrected chi connectivity index (χ1v) is 6.20. The number of hydrogen-bond acceptors (Lipinski definition) is 3. The van der Waals surface area contributed by atoms with E-state index in [4.69, 9.17) is 4.42 Å². The zero-order chi connectivity index (χ0) is 15.1. The van der Waals surface area contributed by atoms with Gasteiger partial charge in [0.1, 0.15) is 17.2 Å². The lowest BCUT2D eigenvalue weighted by atomic mass is 10.0. The van der Waals surface area contributed by atoms with Crippen molar-refractivity contribution in [1.29, 1.82) is 0 Å². The second kappa shape index (κ2) is 4.70. The number of halogens is 2. The lowest BCUT2D eigenvalue weighted by molar-refractivity contribution is 0.101. The van der Waals surface area contributed by atoms with E-state index in [1.165, 1.54) is 37.3 Å². The van der Waals surface area contributed by atoms with Crippen LogP contribution in [0, 0.1) is 11.6 Å². The molecule has 0 fully saturated rings. The highest BCUT2D eigenvalue weighted by Crippen LogP contribution is 2.37. The van der Waals surface area contributed by atoms with E-state index in [0.29, 0.717) is 5.56 Å². The van der Waals surface area contributed by atoms with E-state index in [9.17, 15) is 18.7 Å². The Morgan fingerprint density at radius 1 is 1.10 bits per heavy atom. The summed E-state index contributed by atoms with van der Waals surface area (Å²) in [5.41, 5.74) is 0.636. The number of furan rings is 1. The van der Waals surface area contributed by atoms with Crippen molar-refractivity contribution in [2.45, 2.75) is 6.92 Å². The summed E-state index contributed by atoms with van der Waals surface area (Å²) in [5, 5.41) is 9.39. The van der Waals surface area contributed by atoms with E-state index >= 15 is 0 Å². The van der Waals surface area contributed by atoms with E-state index in [-0.39, 0.29) is 22.3 Å². The predicted molar refractivity (Wildman–Crippen MR) is 73.2 cm³/mol. The van der Waals surface area contributed by atoms with Crippen LogP contribution in [0.5, 0.6) is 5.75 Å². The molecule has 21 heavy (non-hydrogen) atoms. The smallest absolute Gasteiger partial charge is 0.176 e. The molecule has 3 rings (SSSR count). The van der Waals surface area contributed by atoms with Gasteiger partial charge in [0.05, 0.1) is 10.9 Å². The van der Waals surface area contributed by atoms with Crippen LogP contribution in [-0.2, 0) is 0 Å². The van der Waals surface area contributed by atoms with Crippen molar-refractivity contribution in [2.24, 2.45) is 0 Å². The van der Waals surface area contributed by atoms with E-state index in [0.717, 1.165) is 6.07 Å². The lowest BCUT2D eigenvalue weighted by Gasteiger charge is -2.00. The summed E-state index contributed by atoms with van der Waals surface area (Å²) in [7, 11) is 0. The van der Waals surface area contributed by atoms with Gasteiger partial charge in [0.25, 0.3) is 0 Å². The minimum absolute atomic E-state index is 0.0324. The Hall–Kier alpha value is -2.69. The maximum Gasteiger partial charge on any atom is 0.176 e. The highest BCUT2D eigenvalue weighted by atomic mass is 19.1. The number of ketones is 1. The average Bonchev–Trinajstić information content (AvgIpc) is 2.84. The molecule has 2 aromatic carbocycles. The van der Waals surface area contributed by atoms with Gasteiger partial charge in [-0.15, -0.1) is 0 Å². The van der Waals surface area contributed by atoms with Gasteiger partial charge in [-0.25, -0.2) is 8.78 Å². The van der Waals surface area contributed by atoms with Gasteiger partial charge in [-0.2, -0.15) is 0 Å². The fourth-order valence-corrected chi connectivity index (χ4v) is 2.28. The molecule has 5 heteroatoms. The van der Waals surface area contributed by atoms with Crippen molar-refractivity contribution in [3.63, 3.8) is 0 Å². The van der Waals surface area contributed by atoms with Crippen LogP contribution in [0.2, 0.25) is 0 Å². The molecular formula is C16H10F2O3. The van der Waals surface area contributed by atoms with Crippen LogP contribution in [0.15, 0.2) is 40.8 Å². The standard InChI is InChI=1S/C16H10F2O3/c1-8(19)13-14-12(7-6-11(20)15(14)18)21-16(13)9-2-4-10(17)5-3-9/h2-7,20H,1H3. The normalized spacial score (nSPS) is 11.0. The maximum atomic E-state index is 14.1. The van der Waals surface area contributed by atoms with Gasteiger partial charge in [0.15, 0.2) is 17.3 Å². The topological polar surface area (TPSA) is 50.4 Å².